The van der Waals surface area contributed by atoms with Crippen molar-refractivity contribution in [3.63, 3.8) is 0 Å². The highest BCUT2D eigenvalue weighted by atomic mass is 32.1. The quantitative estimate of drug-likeness (QED) is 0.827. The summed E-state index contributed by atoms with van der Waals surface area (Å²) in [6, 6.07) is 3.43. The molecule has 0 N–H and O–H groups in total. The van der Waals surface area contributed by atoms with Crippen LogP contribution in [0.4, 0.5) is 13.2 Å². The highest BCUT2D eigenvalue weighted by Crippen LogP contribution is 2.46. The molecule has 2 heterocycles. The molecule has 1 aliphatic carbocycles. The van der Waals surface area contributed by atoms with Gasteiger partial charge >= 0.3 is 12.1 Å². The molecule has 0 aromatic carbocycles. The van der Waals surface area contributed by atoms with Gasteiger partial charge in [-0.3, -0.25) is 4.79 Å². The van der Waals surface area contributed by atoms with Crippen LogP contribution in [0.25, 0.3) is 10.7 Å². The summed E-state index contributed by atoms with van der Waals surface area (Å²) in [6.45, 7) is 1.97. The number of ketones is 1. The van der Waals surface area contributed by atoms with Gasteiger partial charge in [0.2, 0.25) is 5.82 Å². The van der Waals surface area contributed by atoms with Crippen LogP contribution >= 0.6 is 11.3 Å². The third kappa shape index (κ3) is 3.06. The van der Waals surface area contributed by atoms with Crippen molar-refractivity contribution in [1.82, 2.24) is 10.1 Å². The van der Waals surface area contributed by atoms with E-state index in [9.17, 15) is 18.0 Å². The van der Waals surface area contributed by atoms with E-state index in [1.54, 1.807) is 12.1 Å². The molecule has 8 heteroatoms. The monoisotopic (exact) mass is 330 g/mol. The zero-order valence-electron chi connectivity index (χ0n) is 11.7. The SMILES string of the molecule is CC1(C(=O)CCc2ccc(-c3noc(C(F)(F)F)n3)s2)CC1. The number of rotatable bonds is 5. The van der Waals surface area contributed by atoms with E-state index in [0.717, 1.165) is 17.7 Å². The van der Waals surface area contributed by atoms with Crippen LogP contribution in [0.5, 0.6) is 0 Å². The average molecular weight is 330 g/mol. The molecule has 2 aromatic heterocycles. The predicted molar refractivity (Wildman–Crippen MR) is 73.3 cm³/mol. The molecule has 22 heavy (non-hydrogen) atoms. The fourth-order valence-electron chi connectivity index (χ4n) is 2.08. The molecular formula is C14H13F3N2O2S. The predicted octanol–water partition coefficient (Wildman–Crippen LogP) is 4.12. The Hall–Kier alpha value is -1.70. The lowest BCUT2D eigenvalue weighted by molar-refractivity contribution is -0.159. The summed E-state index contributed by atoms with van der Waals surface area (Å²) in [7, 11) is 0. The van der Waals surface area contributed by atoms with E-state index in [2.05, 4.69) is 14.7 Å². The highest BCUT2D eigenvalue weighted by molar-refractivity contribution is 7.15. The van der Waals surface area contributed by atoms with Crippen LogP contribution in [0.2, 0.25) is 0 Å². The van der Waals surface area contributed by atoms with Gasteiger partial charge < -0.3 is 4.52 Å². The molecule has 0 radical (unpaired) electrons. The van der Waals surface area contributed by atoms with E-state index in [0.29, 0.717) is 17.7 Å². The molecule has 118 valence electrons. The number of aromatic nitrogens is 2. The number of Topliss-reactive ketones (excluding diaryl/α,β-unsaturated/α-hetero) is 1. The third-order valence-electron chi connectivity index (χ3n) is 3.82. The second kappa shape index (κ2) is 5.19. The van der Waals surface area contributed by atoms with E-state index in [1.165, 1.54) is 11.3 Å². The summed E-state index contributed by atoms with van der Waals surface area (Å²) in [5.74, 6) is -1.18. The standard InChI is InChI=1S/C14H13F3N2O2S/c1-13(6-7-13)10(20)5-3-8-2-4-9(22-8)11-18-12(21-19-11)14(15,16)17/h2,4H,3,5-7H2,1H3. The lowest BCUT2D eigenvalue weighted by atomic mass is 9.99. The average Bonchev–Trinajstić information content (AvgIpc) is 2.92. The van der Waals surface area contributed by atoms with E-state index < -0.39 is 12.1 Å². The van der Waals surface area contributed by atoms with Gasteiger partial charge in [-0.05, 0) is 31.4 Å². The number of alkyl halides is 3. The zero-order chi connectivity index (χ0) is 16.0. The number of carbonyl (C=O) groups excluding carboxylic acids is 1. The molecule has 0 atom stereocenters. The minimum absolute atomic E-state index is 0.0796. The summed E-state index contributed by atoms with van der Waals surface area (Å²) in [5.41, 5.74) is -0.143. The van der Waals surface area contributed by atoms with Crippen molar-refractivity contribution in [2.75, 3.05) is 0 Å². The molecule has 0 amide bonds. The van der Waals surface area contributed by atoms with Gasteiger partial charge in [0, 0.05) is 16.7 Å². The lowest BCUT2D eigenvalue weighted by Crippen LogP contribution is -2.11. The van der Waals surface area contributed by atoms with Crippen molar-refractivity contribution in [2.24, 2.45) is 5.41 Å². The van der Waals surface area contributed by atoms with E-state index in [1.807, 2.05) is 6.92 Å². The zero-order valence-corrected chi connectivity index (χ0v) is 12.6. The van der Waals surface area contributed by atoms with Crippen LogP contribution in [0, 0.1) is 5.41 Å². The molecule has 0 spiro atoms. The van der Waals surface area contributed by atoms with E-state index in [4.69, 9.17) is 0 Å². The second-order valence-corrected chi connectivity index (χ2v) is 6.84. The van der Waals surface area contributed by atoms with Crippen molar-refractivity contribution < 1.29 is 22.5 Å². The molecule has 0 bridgehead atoms. The Bertz CT molecular complexity index is 701. The molecule has 1 saturated carbocycles. The van der Waals surface area contributed by atoms with Crippen LogP contribution in [-0.4, -0.2) is 15.9 Å². The van der Waals surface area contributed by atoms with E-state index in [-0.39, 0.29) is 17.0 Å². The second-order valence-electron chi connectivity index (χ2n) is 5.67. The van der Waals surface area contributed by atoms with Crippen LogP contribution in [-0.2, 0) is 17.4 Å². The maximum atomic E-state index is 12.4. The Kier molecular flexibility index (Phi) is 3.58. The number of thiophene rings is 1. The number of aryl methyl sites for hydroxylation is 1. The van der Waals surface area contributed by atoms with Crippen LogP contribution < -0.4 is 0 Å². The summed E-state index contributed by atoms with van der Waals surface area (Å²) >= 11 is 1.28. The summed E-state index contributed by atoms with van der Waals surface area (Å²) in [4.78, 5) is 16.7. The summed E-state index contributed by atoms with van der Waals surface area (Å²) < 4.78 is 41.5. The summed E-state index contributed by atoms with van der Waals surface area (Å²) in [5, 5.41) is 3.35. The molecule has 1 aliphatic rings. The van der Waals surface area contributed by atoms with Gasteiger partial charge in [0.25, 0.3) is 0 Å². The molecule has 2 aromatic rings. The fourth-order valence-corrected chi connectivity index (χ4v) is 3.01. The number of halogens is 3. The number of carbonyl (C=O) groups is 1. The van der Waals surface area contributed by atoms with Crippen molar-refractivity contribution >= 4 is 17.1 Å². The largest absolute Gasteiger partial charge is 0.471 e. The van der Waals surface area contributed by atoms with Gasteiger partial charge in [-0.1, -0.05) is 12.1 Å². The van der Waals surface area contributed by atoms with Crippen LogP contribution in [0.1, 0.15) is 37.0 Å². The number of hydrogen-bond donors (Lipinski definition) is 0. The van der Waals surface area contributed by atoms with Crippen LogP contribution in [0.3, 0.4) is 0 Å². The van der Waals surface area contributed by atoms with Crippen molar-refractivity contribution in [3.8, 4) is 10.7 Å². The maximum Gasteiger partial charge on any atom is 0.471 e. The Balaban J connectivity index is 1.66. The maximum absolute atomic E-state index is 12.4. The van der Waals surface area contributed by atoms with Gasteiger partial charge in [-0.2, -0.15) is 18.2 Å². The van der Waals surface area contributed by atoms with Crippen molar-refractivity contribution in [1.29, 1.82) is 0 Å². The molecule has 1 fully saturated rings. The highest BCUT2D eigenvalue weighted by Gasteiger charge is 2.43. The van der Waals surface area contributed by atoms with Gasteiger partial charge in [-0.15, -0.1) is 11.3 Å². The van der Waals surface area contributed by atoms with Crippen LogP contribution in [0.15, 0.2) is 16.7 Å². The van der Waals surface area contributed by atoms with E-state index >= 15 is 0 Å². The Morgan fingerprint density at radius 1 is 1.41 bits per heavy atom. The Morgan fingerprint density at radius 3 is 2.73 bits per heavy atom. The molecule has 0 saturated heterocycles. The van der Waals surface area contributed by atoms with Gasteiger partial charge in [-0.25, -0.2) is 0 Å². The summed E-state index contributed by atoms with van der Waals surface area (Å²) in [6.07, 6.45) is -1.70. The lowest BCUT2D eigenvalue weighted by Gasteiger charge is -2.05. The van der Waals surface area contributed by atoms with Crippen molar-refractivity contribution in [3.05, 3.63) is 22.9 Å². The van der Waals surface area contributed by atoms with Crippen molar-refractivity contribution in [2.45, 2.75) is 38.8 Å². The first kappa shape index (κ1) is 15.2. The molecule has 0 unspecified atom stereocenters. The number of nitrogens with zero attached hydrogens (tertiary/aromatic N) is 2. The molecular weight excluding hydrogens is 317 g/mol. The molecule has 4 nitrogen and oxygen atoms in total. The van der Waals surface area contributed by atoms with Gasteiger partial charge in [0.15, 0.2) is 0 Å². The third-order valence-corrected chi connectivity index (χ3v) is 4.96. The first-order valence-electron chi connectivity index (χ1n) is 6.81. The first-order chi connectivity index (χ1) is 10.3. The Morgan fingerprint density at radius 2 is 2.14 bits per heavy atom. The molecule has 0 aliphatic heterocycles. The number of hydrogen-bond acceptors (Lipinski definition) is 5. The Labute approximate surface area is 128 Å². The smallest absolute Gasteiger partial charge is 0.329 e. The normalized spacial score (nSPS) is 16.7. The minimum atomic E-state index is -4.64. The first-order valence-corrected chi connectivity index (χ1v) is 7.63. The minimum Gasteiger partial charge on any atom is -0.329 e. The topological polar surface area (TPSA) is 56.0 Å². The van der Waals surface area contributed by atoms with Gasteiger partial charge in [0.05, 0.1) is 4.88 Å². The fraction of sp³-hybridized carbons (Fsp3) is 0.500. The molecule has 3 rings (SSSR count). The van der Waals surface area contributed by atoms with Gasteiger partial charge in [0.1, 0.15) is 5.78 Å².